The number of aromatic nitrogens is 1. The van der Waals surface area contributed by atoms with Crippen molar-refractivity contribution in [3.05, 3.63) is 52.7 Å². The number of benzene rings is 1. The van der Waals surface area contributed by atoms with E-state index >= 15 is 0 Å². The fourth-order valence-electron chi connectivity index (χ4n) is 3.36. The molecule has 0 saturated heterocycles. The highest BCUT2D eigenvalue weighted by Crippen LogP contribution is 2.19. The molecule has 6 nitrogen and oxygen atoms in total. The molecule has 0 fully saturated rings. The highest BCUT2D eigenvalue weighted by Gasteiger charge is 2.20. The van der Waals surface area contributed by atoms with Gasteiger partial charge in [-0.15, -0.1) is 24.0 Å². The first-order valence-corrected chi connectivity index (χ1v) is 9.82. The topological polar surface area (TPSA) is 65.7 Å². The second-order valence-corrected chi connectivity index (χ2v) is 7.16. The normalized spacial score (nSPS) is 15.5. The van der Waals surface area contributed by atoms with E-state index in [1.54, 1.807) is 0 Å². The first-order chi connectivity index (χ1) is 13.1. The number of hydrogen-bond donors (Lipinski definition) is 2. The van der Waals surface area contributed by atoms with Gasteiger partial charge in [-0.25, -0.2) is 9.98 Å². The van der Waals surface area contributed by atoms with E-state index in [9.17, 15) is 0 Å². The molecular weight excluding hydrogens is 465 g/mol. The van der Waals surface area contributed by atoms with E-state index in [0.29, 0.717) is 18.5 Å². The Bertz CT molecular complexity index is 769. The van der Waals surface area contributed by atoms with Crippen LogP contribution in [0.5, 0.6) is 0 Å². The molecule has 2 aromatic rings. The van der Waals surface area contributed by atoms with Crippen LogP contribution in [-0.2, 0) is 19.5 Å². The smallest absolute Gasteiger partial charge is 0.216 e. The Hall–Kier alpha value is -1.61. The number of guanidine groups is 1. The predicted octanol–water partition coefficient (Wildman–Crippen LogP) is 3.41. The van der Waals surface area contributed by atoms with Crippen LogP contribution in [0.15, 0.2) is 33.7 Å². The fourth-order valence-corrected chi connectivity index (χ4v) is 3.36. The van der Waals surface area contributed by atoms with Gasteiger partial charge in [0.1, 0.15) is 12.3 Å². The monoisotopic (exact) mass is 497 g/mol. The van der Waals surface area contributed by atoms with Gasteiger partial charge in [0.15, 0.2) is 5.96 Å². The minimum Gasteiger partial charge on any atom is -0.444 e. The lowest BCUT2D eigenvalue weighted by Gasteiger charge is -2.34. The largest absolute Gasteiger partial charge is 0.444 e. The Morgan fingerprint density at radius 3 is 2.68 bits per heavy atom. The van der Waals surface area contributed by atoms with Crippen LogP contribution in [0, 0.1) is 13.8 Å². The van der Waals surface area contributed by atoms with E-state index in [2.05, 4.69) is 63.6 Å². The van der Waals surface area contributed by atoms with Gasteiger partial charge < -0.3 is 15.1 Å². The summed E-state index contributed by atoms with van der Waals surface area (Å²) in [5.74, 6) is 2.32. The molecule has 3 rings (SSSR count). The summed E-state index contributed by atoms with van der Waals surface area (Å²) in [5, 5.41) is 6.76. The molecule has 2 N–H and O–H groups in total. The van der Waals surface area contributed by atoms with E-state index in [1.807, 2.05) is 13.8 Å². The van der Waals surface area contributed by atoms with Gasteiger partial charge in [-0.2, -0.15) is 0 Å². The predicted molar refractivity (Wildman–Crippen MR) is 124 cm³/mol. The molecule has 1 atom stereocenters. The Morgan fingerprint density at radius 1 is 1.25 bits per heavy atom. The van der Waals surface area contributed by atoms with Crippen molar-refractivity contribution in [2.45, 2.75) is 53.2 Å². The number of rotatable bonds is 6. The van der Waals surface area contributed by atoms with Crippen LogP contribution >= 0.6 is 24.0 Å². The molecule has 1 unspecified atom stereocenters. The molecule has 0 amide bonds. The molecule has 1 aliphatic heterocycles. The summed E-state index contributed by atoms with van der Waals surface area (Å²) < 4.78 is 5.61. The van der Waals surface area contributed by atoms with E-state index in [0.717, 1.165) is 50.0 Å². The number of nitrogens with zero attached hydrogens (tertiary/aromatic N) is 3. The van der Waals surface area contributed by atoms with Crippen LogP contribution in [-0.4, -0.2) is 41.5 Å². The second kappa shape index (κ2) is 10.8. The van der Waals surface area contributed by atoms with E-state index < -0.39 is 0 Å². The average molecular weight is 497 g/mol. The zero-order chi connectivity index (χ0) is 19.2. The third-order valence-corrected chi connectivity index (χ3v) is 5.14. The first kappa shape index (κ1) is 22.7. The maximum absolute atomic E-state index is 5.61. The molecule has 0 saturated carbocycles. The number of aryl methyl sites for hydroxylation is 2. The number of hydrogen-bond acceptors (Lipinski definition) is 4. The number of aliphatic imine (C=N–C) groups is 1. The van der Waals surface area contributed by atoms with Crippen LogP contribution in [0.1, 0.15) is 42.3 Å². The van der Waals surface area contributed by atoms with Gasteiger partial charge >= 0.3 is 0 Å². The van der Waals surface area contributed by atoms with Crippen LogP contribution in [0.2, 0.25) is 0 Å². The second-order valence-electron chi connectivity index (χ2n) is 7.16. The molecule has 1 aromatic carbocycles. The molecule has 1 aliphatic rings. The number of fused-ring (bicyclic) bond motifs is 1. The fraction of sp³-hybridized carbons (Fsp3) is 0.524. The van der Waals surface area contributed by atoms with Crippen molar-refractivity contribution < 1.29 is 4.42 Å². The van der Waals surface area contributed by atoms with Gasteiger partial charge in [0.2, 0.25) is 5.89 Å². The quantitative estimate of drug-likeness (QED) is 0.364. The molecule has 0 aliphatic carbocycles. The van der Waals surface area contributed by atoms with Gasteiger partial charge in [-0.3, -0.25) is 4.90 Å². The minimum absolute atomic E-state index is 0. The van der Waals surface area contributed by atoms with Crippen molar-refractivity contribution in [3.63, 3.8) is 0 Å². The number of halogens is 1. The third-order valence-electron chi connectivity index (χ3n) is 5.14. The summed E-state index contributed by atoms with van der Waals surface area (Å²) in [5.41, 5.74) is 3.86. The van der Waals surface area contributed by atoms with E-state index in [-0.39, 0.29) is 24.0 Å². The van der Waals surface area contributed by atoms with Gasteiger partial charge in [-0.05, 0) is 45.2 Å². The van der Waals surface area contributed by atoms with Crippen LogP contribution in [0.4, 0.5) is 0 Å². The highest BCUT2D eigenvalue weighted by atomic mass is 127. The molecule has 1 aromatic heterocycles. The van der Waals surface area contributed by atoms with Gasteiger partial charge in [-0.1, -0.05) is 24.3 Å². The Morgan fingerprint density at radius 2 is 2.00 bits per heavy atom. The van der Waals surface area contributed by atoms with Gasteiger partial charge in [0.05, 0.1) is 5.69 Å². The zero-order valence-corrected chi connectivity index (χ0v) is 19.6. The van der Waals surface area contributed by atoms with Crippen molar-refractivity contribution in [2.75, 3.05) is 19.6 Å². The molecule has 7 heteroatoms. The van der Waals surface area contributed by atoms with Crippen molar-refractivity contribution in [3.8, 4) is 0 Å². The molecule has 0 spiro atoms. The maximum Gasteiger partial charge on any atom is 0.216 e. The summed E-state index contributed by atoms with van der Waals surface area (Å²) in [7, 11) is 0. The summed E-state index contributed by atoms with van der Waals surface area (Å²) in [6, 6.07) is 9.18. The molecule has 2 heterocycles. The van der Waals surface area contributed by atoms with E-state index in [4.69, 9.17) is 4.42 Å². The lowest BCUT2D eigenvalue weighted by Crippen LogP contribution is -2.47. The Kier molecular flexibility index (Phi) is 8.75. The Labute approximate surface area is 185 Å². The average Bonchev–Trinajstić information content (AvgIpc) is 3.01. The standard InChI is InChI=1S/C21H31N5O.HI/c1-5-22-21(24-13-20-25-16(3)17(4)27-20)23-12-15(2)26-11-10-18-8-6-7-9-19(18)14-26;/h6-9,15H,5,10-14H2,1-4H3,(H2,22,23,24);1H. The van der Waals surface area contributed by atoms with Gasteiger partial charge in [0.25, 0.3) is 0 Å². The SMILES string of the molecule is CCNC(=NCc1nc(C)c(C)o1)NCC(C)N1CCc2ccccc2C1.I. The van der Waals surface area contributed by atoms with Crippen LogP contribution in [0.3, 0.4) is 0 Å². The number of oxazole rings is 1. The van der Waals surface area contributed by atoms with Crippen LogP contribution < -0.4 is 10.6 Å². The number of nitrogens with one attached hydrogen (secondary N) is 2. The molecule has 0 radical (unpaired) electrons. The summed E-state index contributed by atoms with van der Waals surface area (Å²) in [6.45, 7) is 12.4. The molecule has 154 valence electrons. The van der Waals surface area contributed by atoms with Crippen LogP contribution in [0.25, 0.3) is 0 Å². The zero-order valence-electron chi connectivity index (χ0n) is 17.3. The van der Waals surface area contributed by atoms with E-state index in [1.165, 1.54) is 11.1 Å². The summed E-state index contributed by atoms with van der Waals surface area (Å²) in [4.78, 5) is 11.5. The van der Waals surface area contributed by atoms with Crippen molar-refractivity contribution >= 4 is 29.9 Å². The maximum atomic E-state index is 5.61. The van der Waals surface area contributed by atoms with Crippen molar-refractivity contribution in [2.24, 2.45) is 4.99 Å². The molecular formula is C21H32IN5O. The first-order valence-electron chi connectivity index (χ1n) is 9.82. The Balaban J connectivity index is 0.00000280. The van der Waals surface area contributed by atoms with Crippen molar-refractivity contribution in [1.29, 1.82) is 0 Å². The summed E-state index contributed by atoms with van der Waals surface area (Å²) in [6.07, 6.45) is 1.12. The molecule has 0 bridgehead atoms. The lowest BCUT2D eigenvalue weighted by atomic mass is 9.99. The third kappa shape index (κ3) is 5.94. The van der Waals surface area contributed by atoms with Crippen molar-refractivity contribution in [1.82, 2.24) is 20.5 Å². The lowest BCUT2D eigenvalue weighted by molar-refractivity contribution is 0.191. The highest BCUT2D eigenvalue weighted by molar-refractivity contribution is 14.0. The van der Waals surface area contributed by atoms with Gasteiger partial charge in [0, 0.05) is 32.2 Å². The molecule has 28 heavy (non-hydrogen) atoms. The minimum atomic E-state index is 0. The summed E-state index contributed by atoms with van der Waals surface area (Å²) >= 11 is 0.